The second-order valence-electron chi connectivity index (χ2n) is 9.49. The second-order valence-corrected chi connectivity index (χ2v) is 9.49. The van der Waals surface area contributed by atoms with E-state index in [2.05, 4.69) is 12.1 Å². The summed E-state index contributed by atoms with van der Waals surface area (Å²) >= 11 is 0. The van der Waals surface area contributed by atoms with E-state index in [1.54, 1.807) is 0 Å². The van der Waals surface area contributed by atoms with Gasteiger partial charge < -0.3 is 8.96 Å². The highest BCUT2D eigenvalue weighted by Gasteiger charge is 2.21. The van der Waals surface area contributed by atoms with Crippen LogP contribution in [0.1, 0.15) is 22.8 Å². The first kappa shape index (κ1) is 23.3. The van der Waals surface area contributed by atoms with Gasteiger partial charge in [-0.2, -0.15) is 10.5 Å². The summed E-state index contributed by atoms with van der Waals surface area (Å²) in [6.45, 7) is 4.06. The van der Waals surface area contributed by atoms with Crippen LogP contribution in [0.15, 0.2) is 72.8 Å². The summed E-state index contributed by atoms with van der Waals surface area (Å²) < 4.78 is 4.08. The fourth-order valence-electron chi connectivity index (χ4n) is 5.41. The van der Waals surface area contributed by atoms with Gasteiger partial charge in [0.2, 0.25) is 16.0 Å². The number of nitrogens with zero attached hydrogens (tertiary/aromatic N) is 6. The smallest absolute Gasteiger partial charge is 0.223 e. The van der Waals surface area contributed by atoms with Crippen molar-refractivity contribution >= 4 is 59.7 Å². The molecule has 6 nitrogen and oxygen atoms in total. The summed E-state index contributed by atoms with van der Waals surface area (Å²) in [4.78, 5) is 9.64. The van der Waals surface area contributed by atoms with Gasteiger partial charge in [-0.25, -0.2) is 9.97 Å². The number of hydrogen-bond donors (Lipinski definition) is 0. The molecule has 6 aromatic rings. The van der Waals surface area contributed by atoms with Crippen LogP contribution in [-0.2, 0) is 0 Å². The molecule has 0 N–H and O–H groups in total. The minimum Gasteiger partial charge on any atom is -0.395 e. The molecule has 0 amide bonds. The molecule has 0 saturated heterocycles. The first-order chi connectivity index (χ1) is 18.4. The van der Waals surface area contributed by atoms with Crippen molar-refractivity contribution in [1.82, 2.24) is 18.9 Å². The summed E-state index contributed by atoms with van der Waals surface area (Å²) in [5.41, 5.74) is 5.86. The Labute approximate surface area is 221 Å². The highest BCUT2D eigenvalue weighted by molar-refractivity contribution is 6.14. The fraction of sp³-hybridized carbons (Fsp3) is 0.0667. The van der Waals surface area contributed by atoms with Crippen molar-refractivity contribution in [3.8, 4) is 12.1 Å². The molecule has 0 atom stereocenters. The zero-order valence-corrected chi connectivity index (χ0v) is 21.6. The number of aromatic nitrogens is 4. The topological polar surface area (TPSA) is 83.2 Å². The minimum absolute atomic E-state index is 0.499. The summed E-state index contributed by atoms with van der Waals surface area (Å²) in [6, 6.07) is 28.5. The summed E-state index contributed by atoms with van der Waals surface area (Å²) in [5.74, 6) is 0. The van der Waals surface area contributed by atoms with E-state index in [1.807, 2.05) is 112 Å². The molecule has 0 aliphatic rings. The maximum atomic E-state index is 10.4. The maximum Gasteiger partial charge on any atom is 0.223 e. The highest BCUT2D eigenvalue weighted by atomic mass is 14.9. The van der Waals surface area contributed by atoms with Crippen LogP contribution in [0, 0.1) is 36.5 Å². The lowest BCUT2D eigenvalue weighted by Crippen LogP contribution is -2.23. The van der Waals surface area contributed by atoms with E-state index in [9.17, 15) is 10.5 Å². The summed E-state index contributed by atoms with van der Waals surface area (Å²) in [7, 11) is 3.93. The Morgan fingerprint density at radius 2 is 1.03 bits per heavy atom. The van der Waals surface area contributed by atoms with Crippen molar-refractivity contribution in [3.05, 3.63) is 106 Å². The summed E-state index contributed by atoms with van der Waals surface area (Å²) in [6.07, 6.45) is 0. The monoisotopic (exact) mass is 488 g/mol. The number of benzene rings is 2. The molecular weight excluding hydrogens is 466 g/mol. The van der Waals surface area contributed by atoms with E-state index in [1.165, 1.54) is 0 Å². The van der Waals surface area contributed by atoms with Crippen molar-refractivity contribution < 1.29 is 0 Å². The van der Waals surface area contributed by atoms with Crippen molar-refractivity contribution in [1.29, 1.82) is 10.5 Å². The molecule has 0 fully saturated rings. The Kier molecular flexibility index (Phi) is 5.40. The Morgan fingerprint density at radius 1 is 0.632 bits per heavy atom. The van der Waals surface area contributed by atoms with E-state index in [0.717, 1.165) is 54.7 Å². The molecule has 4 aromatic heterocycles. The number of nitriles is 2. The van der Waals surface area contributed by atoms with Crippen LogP contribution in [-0.4, -0.2) is 34.9 Å². The molecule has 178 valence electrons. The SMILES string of the molecule is Bn1c(C)c2/c(=C(\C#N)c3ccc4ccccc4n3)n(B)c(C)c2/c1=C(\C#N)c1ccc2ccccc2n1. The summed E-state index contributed by atoms with van der Waals surface area (Å²) in [5, 5.41) is 26.3. The zero-order valence-electron chi connectivity index (χ0n) is 21.6. The van der Waals surface area contributed by atoms with Crippen LogP contribution in [0.2, 0.25) is 0 Å². The van der Waals surface area contributed by atoms with Gasteiger partial charge in [-0.15, -0.1) is 0 Å². The second kappa shape index (κ2) is 8.80. The first-order valence-corrected chi connectivity index (χ1v) is 12.4. The number of rotatable bonds is 2. The number of aryl methyl sites for hydroxylation is 2. The molecule has 4 heterocycles. The predicted octanol–water partition coefficient (Wildman–Crippen LogP) is 2.39. The Hall–Kier alpha value is -5.07. The Balaban J connectivity index is 1.75. The lowest BCUT2D eigenvalue weighted by molar-refractivity contribution is 1.07. The van der Waals surface area contributed by atoms with Gasteiger partial charge in [-0.05, 0) is 38.1 Å². The maximum absolute atomic E-state index is 10.4. The van der Waals surface area contributed by atoms with Crippen LogP contribution in [0.4, 0.5) is 0 Å². The molecule has 38 heavy (non-hydrogen) atoms. The van der Waals surface area contributed by atoms with Crippen LogP contribution >= 0.6 is 0 Å². The van der Waals surface area contributed by atoms with Gasteiger partial charge in [0.05, 0.1) is 33.1 Å². The zero-order chi connectivity index (χ0) is 26.6. The Bertz CT molecular complexity index is 2000. The van der Waals surface area contributed by atoms with Gasteiger partial charge in [0.1, 0.15) is 23.3 Å². The third-order valence-corrected chi connectivity index (χ3v) is 7.53. The molecule has 0 aliphatic carbocycles. The third kappa shape index (κ3) is 3.35. The average molecular weight is 488 g/mol. The molecule has 6 rings (SSSR count). The number of fused-ring (bicyclic) bond motifs is 3. The quantitative estimate of drug-likeness (QED) is 0.351. The van der Waals surface area contributed by atoms with Crippen molar-refractivity contribution in [2.75, 3.05) is 0 Å². The highest BCUT2D eigenvalue weighted by Crippen LogP contribution is 2.23. The van der Waals surface area contributed by atoms with Gasteiger partial charge in [0, 0.05) is 32.9 Å². The van der Waals surface area contributed by atoms with Gasteiger partial charge in [-0.3, -0.25) is 0 Å². The van der Waals surface area contributed by atoms with E-state index in [0.29, 0.717) is 22.5 Å². The largest absolute Gasteiger partial charge is 0.395 e. The predicted molar refractivity (Wildman–Crippen MR) is 156 cm³/mol. The number of para-hydroxylation sites is 2. The van der Waals surface area contributed by atoms with Gasteiger partial charge in [-0.1, -0.05) is 48.5 Å². The molecule has 0 aliphatic heterocycles. The normalized spacial score (nSPS) is 12.9. The lowest BCUT2D eigenvalue weighted by Gasteiger charge is -2.07. The molecule has 0 saturated carbocycles. The molecule has 0 spiro atoms. The van der Waals surface area contributed by atoms with E-state index in [-0.39, 0.29) is 0 Å². The molecule has 0 radical (unpaired) electrons. The average Bonchev–Trinajstić information content (AvgIpc) is 3.35. The standard InChI is InChI=1S/C30H22B2N6/c1-17-27-28(30(37(17)31)22(16-34)26-14-12-20-8-4-6-10-24(20)36-26)18(2)38(32)29(27)21(15-33)25-13-11-19-7-3-5-9-23(19)35-25/h3-14H,31-32H2,1-2H3/b29-21-,30-22-. The number of hydrogen-bond acceptors (Lipinski definition) is 4. The molecule has 8 heteroatoms. The van der Waals surface area contributed by atoms with Gasteiger partial charge in [0.15, 0.2) is 0 Å². The fourth-order valence-corrected chi connectivity index (χ4v) is 5.41. The van der Waals surface area contributed by atoms with Crippen molar-refractivity contribution in [2.45, 2.75) is 13.8 Å². The van der Waals surface area contributed by atoms with E-state index >= 15 is 0 Å². The van der Waals surface area contributed by atoms with Crippen LogP contribution < -0.4 is 10.7 Å². The molecule has 0 unspecified atom stereocenters. The van der Waals surface area contributed by atoms with E-state index < -0.39 is 0 Å². The Morgan fingerprint density at radius 3 is 1.42 bits per heavy atom. The van der Waals surface area contributed by atoms with Crippen LogP contribution in [0.25, 0.3) is 43.7 Å². The molecule has 0 bridgehead atoms. The molecular formula is C30H22B2N6. The van der Waals surface area contributed by atoms with Gasteiger partial charge >= 0.3 is 0 Å². The first-order valence-electron chi connectivity index (χ1n) is 12.4. The van der Waals surface area contributed by atoms with Crippen molar-refractivity contribution in [2.24, 2.45) is 0 Å². The lowest BCUT2D eigenvalue weighted by atomic mass is 10.1. The van der Waals surface area contributed by atoms with Crippen LogP contribution in [0.5, 0.6) is 0 Å². The van der Waals surface area contributed by atoms with Crippen LogP contribution in [0.3, 0.4) is 0 Å². The number of pyridine rings is 2. The third-order valence-electron chi connectivity index (χ3n) is 7.53. The van der Waals surface area contributed by atoms with E-state index in [4.69, 9.17) is 9.97 Å². The minimum atomic E-state index is 0.499. The molecule has 2 aromatic carbocycles. The van der Waals surface area contributed by atoms with Gasteiger partial charge in [0.25, 0.3) is 0 Å². The van der Waals surface area contributed by atoms with Crippen molar-refractivity contribution in [3.63, 3.8) is 0 Å².